The van der Waals surface area contributed by atoms with Gasteiger partial charge in [-0.05, 0) is 53.1 Å². The van der Waals surface area contributed by atoms with Crippen molar-refractivity contribution in [3.63, 3.8) is 0 Å². The molecule has 0 radical (unpaired) electrons. The standard InChI is InChI=1S/C27H13F9/c1-12-19(28)17(21(30)24(33)20(12)29)8-4-13-2-6-16-11-14(3-7-15(16)10-13)5-9-18-22(31)25(34)27(36)26(35)23(18)32/h2-11H,1H3. The van der Waals surface area contributed by atoms with Gasteiger partial charge in [-0.25, -0.2) is 39.5 Å². The fourth-order valence-corrected chi connectivity index (χ4v) is 3.54. The highest BCUT2D eigenvalue weighted by Crippen LogP contribution is 2.27. The van der Waals surface area contributed by atoms with E-state index >= 15 is 0 Å². The van der Waals surface area contributed by atoms with Crippen LogP contribution in [-0.2, 0) is 0 Å². The van der Waals surface area contributed by atoms with Crippen LogP contribution in [0, 0.1) is 59.3 Å². The van der Waals surface area contributed by atoms with Gasteiger partial charge in [0.25, 0.3) is 0 Å². The minimum atomic E-state index is -2.25. The van der Waals surface area contributed by atoms with Crippen molar-refractivity contribution in [2.24, 2.45) is 0 Å². The Morgan fingerprint density at radius 1 is 0.417 bits per heavy atom. The van der Waals surface area contributed by atoms with Crippen LogP contribution in [0.4, 0.5) is 39.5 Å². The molecule has 0 spiro atoms. The largest absolute Gasteiger partial charge is 0.206 e. The quantitative estimate of drug-likeness (QED) is 0.112. The molecule has 4 aromatic rings. The number of hydrogen-bond acceptors (Lipinski definition) is 0. The molecule has 184 valence electrons. The first-order valence-electron chi connectivity index (χ1n) is 10.2. The summed E-state index contributed by atoms with van der Waals surface area (Å²) < 4.78 is 123. The lowest BCUT2D eigenvalue weighted by Crippen LogP contribution is -2.03. The number of halogens is 9. The maximum absolute atomic E-state index is 14.2. The Hall–Kier alpha value is -4.01. The van der Waals surface area contributed by atoms with Crippen LogP contribution in [-0.4, -0.2) is 0 Å². The van der Waals surface area contributed by atoms with Crippen molar-refractivity contribution >= 4 is 35.1 Å². The molecule has 4 rings (SSSR count). The third-order valence-corrected chi connectivity index (χ3v) is 5.53. The van der Waals surface area contributed by atoms with Gasteiger partial charge in [-0.3, -0.25) is 0 Å². The molecule has 0 saturated carbocycles. The summed E-state index contributed by atoms with van der Waals surface area (Å²) in [6.45, 7) is 0.985. The Morgan fingerprint density at radius 2 is 0.778 bits per heavy atom. The molecule has 0 aliphatic carbocycles. The molecule has 0 heterocycles. The Kier molecular flexibility index (Phi) is 6.67. The minimum Gasteiger partial charge on any atom is -0.206 e. The molecule has 9 heteroatoms. The van der Waals surface area contributed by atoms with Crippen molar-refractivity contribution in [1.29, 1.82) is 0 Å². The van der Waals surface area contributed by atoms with Crippen molar-refractivity contribution in [2.45, 2.75) is 6.92 Å². The fraction of sp³-hybridized carbons (Fsp3) is 0.0370. The molecule has 0 nitrogen and oxygen atoms in total. The second-order valence-electron chi connectivity index (χ2n) is 7.81. The number of hydrogen-bond donors (Lipinski definition) is 0. The lowest BCUT2D eigenvalue weighted by atomic mass is 10.0. The summed E-state index contributed by atoms with van der Waals surface area (Å²) in [5.41, 5.74) is -1.62. The van der Waals surface area contributed by atoms with Gasteiger partial charge < -0.3 is 0 Å². The van der Waals surface area contributed by atoms with Gasteiger partial charge in [-0.1, -0.05) is 36.4 Å². The second kappa shape index (κ2) is 9.56. The molecule has 0 fully saturated rings. The van der Waals surface area contributed by atoms with Crippen LogP contribution < -0.4 is 0 Å². The predicted molar refractivity (Wildman–Crippen MR) is 119 cm³/mol. The monoisotopic (exact) mass is 508 g/mol. The molecule has 36 heavy (non-hydrogen) atoms. The Bertz CT molecular complexity index is 1410. The van der Waals surface area contributed by atoms with E-state index in [9.17, 15) is 39.5 Å². The topological polar surface area (TPSA) is 0 Å². The minimum absolute atomic E-state index is 0.385. The molecular weight excluding hydrogens is 495 g/mol. The average molecular weight is 508 g/mol. The summed E-state index contributed by atoms with van der Waals surface area (Å²) in [5, 5.41) is 1.25. The van der Waals surface area contributed by atoms with Crippen LogP contribution in [0.5, 0.6) is 0 Å². The lowest BCUT2D eigenvalue weighted by molar-refractivity contribution is 0.377. The number of benzene rings is 4. The first-order valence-corrected chi connectivity index (χ1v) is 10.2. The SMILES string of the molecule is Cc1c(F)c(F)c(F)c(C=Cc2ccc3cc(C=Cc4c(F)c(F)c(F)c(F)c4F)ccc3c2)c1F. The van der Waals surface area contributed by atoms with E-state index in [-0.39, 0.29) is 0 Å². The molecule has 0 unspecified atom stereocenters. The van der Waals surface area contributed by atoms with Crippen LogP contribution in [0.1, 0.15) is 27.8 Å². The highest BCUT2D eigenvalue weighted by Gasteiger charge is 2.24. The van der Waals surface area contributed by atoms with Crippen LogP contribution in [0.25, 0.3) is 35.1 Å². The maximum Gasteiger partial charge on any atom is 0.200 e. The highest BCUT2D eigenvalue weighted by molar-refractivity contribution is 5.88. The van der Waals surface area contributed by atoms with Crippen molar-refractivity contribution in [3.8, 4) is 0 Å². The summed E-state index contributed by atoms with van der Waals surface area (Å²) in [6, 6.07) is 9.45. The van der Waals surface area contributed by atoms with Crippen LogP contribution in [0.2, 0.25) is 0 Å². The number of rotatable bonds is 4. The molecule has 0 N–H and O–H groups in total. The normalized spacial score (nSPS) is 11.9. The molecule has 0 saturated heterocycles. The second-order valence-corrected chi connectivity index (χ2v) is 7.81. The Labute approximate surface area is 198 Å². The zero-order valence-electron chi connectivity index (χ0n) is 18.2. The van der Waals surface area contributed by atoms with E-state index in [0.29, 0.717) is 21.9 Å². The molecular formula is C27H13F9. The smallest absolute Gasteiger partial charge is 0.200 e. The molecule has 0 atom stereocenters. The van der Waals surface area contributed by atoms with Crippen LogP contribution in [0.3, 0.4) is 0 Å². The van der Waals surface area contributed by atoms with Crippen LogP contribution in [0.15, 0.2) is 36.4 Å². The summed E-state index contributed by atoms with van der Waals surface area (Å²) in [5.74, 6) is -16.5. The molecule has 0 bridgehead atoms. The Balaban J connectivity index is 1.64. The number of fused-ring (bicyclic) bond motifs is 1. The third kappa shape index (κ3) is 4.36. The van der Waals surface area contributed by atoms with E-state index in [1.807, 2.05) is 0 Å². The van der Waals surface area contributed by atoms with Gasteiger partial charge in [0.05, 0.1) is 5.56 Å². The van der Waals surface area contributed by atoms with E-state index in [1.54, 1.807) is 30.3 Å². The maximum atomic E-state index is 14.2. The lowest BCUT2D eigenvalue weighted by Gasteiger charge is -2.07. The molecule has 0 aliphatic heterocycles. The summed E-state index contributed by atoms with van der Waals surface area (Å²) >= 11 is 0. The van der Waals surface area contributed by atoms with Crippen molar-refractivity contribution in [1.82, 2.24) is 0 Å². The zero-order valence-corrected chi connectivity index (χ0v) is 18.2. The molecule has 0 amide bonds. The van der Waals surface area contributed by atoms with Crippen molar-refractivity contribution in [3.05, 3.63) is 117 Å². The first kappa shape index (κ1) is 25.1. The molecule has 0 aromatic heterocycles. The van der Waals surface area contributed by atoms with E-state index in [1.165, 1.54) is 18.2 Å². The zero-order chi connectivity index (χ0) is 26.3. The van der Waals surface area contributed by atoms with E-state index < -0.39 is 69.0 Å². The van der Waals surface area contributed by atoms with Crippen molar-refractivity contribution in [2.75, 3.05) is 0 Å². The van der Waals surface area contributed by atoms with E-state index in [4.69, 9.17) is 0 Å². The van der Waals surface area contributed by atoms with Gasteiger partial charge in [0.1, 0.15) is 5.82 Å². The summed E-state index contributed by atoms with van der Waals surface area (Å²) in [6.07, 6.45) is 4.21. The summed E-state index contributed by atoms with van der Waals surface area (Å²) in [7, 11) is 0. The van der Waals surface area contributed by atoms with Gasteiger partial charge >= 0.3 is 0 Å². The van der Waals surface area contributed by atoms with Gasteiger partial charge in [-0.15, -0.1) is 0 Å². The van der Waals surface area contributed by atoms with E-state index in [0.717, 1.165) is 19.1 Å². The van der Waals surface area contributed by atoms with Gasteiger partial charge in [0.2, 0.25) is 5.82 Å². The highest BCUT2D eigenvalue weighted by atomic mass is 19.2. The first-order chi connectivity index (χ1) is 17.0. The fourth-order valence-electron chi connectivity index (χ4n) is 3.54. The third-order valence-electron chi connectivity index (χ3n) is 5.53. The Morgan fingerprint density at radius 3 is 1.22 bits per heavy atom. The summed E-state index contributed by atoms with van der Waals surface area (Å²) in [4.78, 5) is 0. The van der Waals surface area contributed by atoms with E-state index in [2.05, 4.69) is 0 Å². The molecule has 4 aromatic carbocycles. The van der Waals surface area contributed by atoms with Crippen molar-refractivity contribution < 1.29 is 39.5 Å². The van der Waals surface area contributed by atoms with Gasteiger partial charge in [0, 0.05) is 11.1 Å². The van der Waals surface area contributed by atoms with Crippen LogP contribution >= 0.6 is 0 Å². The average Bonchev–Trinajstić information content (AvgIpc) is 2.88. The van der Waals surface area contributed by atoms with Gasteiger partial charge in [-0.2, -0.15) is 0 Å². The van der Waals surface area contributed by atoms with Gasteiger partial charge in [0.15, 0.2) is 40.7 Å². The predicted octanol–water partition coefficient (Wildman–Crippen LogP) is 8.74. The molecule has 0 aliphatic rings.